The fourth-order valence-electron chi connectivity index (χ4n) is 0.957. The maximum absolute atomic E-state index is 11.2. The van der Waals surface area contributed by atoms with Gasteiger partial charge in [0.25, 0.3) is 0 Å². The molecule has 0 fully saturated rings. The van der Waals surface area contributed by atoms with Crippen LogP contribution in [0.3, 0.4) is 0 Å². The van der Waals surface area contributed by atoms with Gasteiger partial charge in [-0.15, -0.1) is 0 Å². The quantitative estimate of drug-likeness (QED) is 0.334. The zero-order chi connectivity index (χ0) is 13.1. The van der Waals surface area contributed by atoms with Crippen molar-refractivity contribution in [1.29, 1.82) is 0 Å². The Kier molecular flexibility index (Phi) is 9.31. The molecule has 0 saturated carbocycles. The molecule has 0 unspecified atom stereocenters. The van der Waals surface area contributed by atoms with Crippen LogP contribution in [0.4, 0.5) is 0 Å². The lowest BCUT2D eigenvalue weighted by Crippen LogP contribution is -2.43. The van der Waals surface area contributed by atoms with Crippen LogP contribution in [0.5, 0.6) is 0 Å². The summed E-state index contributed by atoms with van der Waals surface area (Å²) in [6, 6.07) is 0. The highest BCUT2D eigenvalue weighted by atomic mass is 16.5. The van der Waals surface area contributed by atoms with Gasteiger partial charge in [0.15, 0.2) is 0 Å². The van der Waals surface area contributed by atoms with Crippen LogP contribution in [-0.2, 0) is 14.3 Å². The van der Waals surface area contributed by atoms with Gasteiger partial charge in [0.2, 0.25) is 0 Å². The predicted octanol–water partition coefficient (Wildman–Crippen LogP) is -2.21. The first kappa shape index (κ1) is 15.8. The first-order valence-corrected chi connectivity index (χ1v) is 5.47. The second kappa shape index (κ2) is 10.0. The molecule has 0 aliphatic rings. The number of carbonyl (C=O) groups is 2. The summed E-state index contributed by atoms with van der Waals surface area (Å²) in [6.45, 7) is 1.81. The van der Waals surface area contributed by atoms with Crippen molar-refractivity contribution in [2.45, 2.75) is 0 Å². The Balaban J connectivity index is 3.51. The Morgan fingerprint density at radius 3 is 2.24 bits per heavy atom. The minimum Gasteiger partial charge on any atom is -0.394 e. The van der Waals surface area contributed by atoms with Crippen LogP contribution < -0.4 is 10.6 Å². The van der Waals surface area contributed by atoms with Crippen molar-refractivity contribution in [3.63, 3.8) is 0 Å². The van der Waals surface area contributed by atoms with Crippen LogP contribution in [0.1, 0.15) is 0 Å². The highest BCUT2D eigenvalue weighted by Gasteiger charge is 2.11. The van der Waals surface area contributed by atoms with Crippen molar-refractivity contribution >= 4 is 11.8 Å². The fraction of sp³-hybridized carbons (Fsp3) is 0.800. The molecule has 0 heterocycles. The summed E-state index contributed by atoms with van der Waals surface area (Å²) in [5.41, 5.74) is 0. The zero-order valence-corrected chi connectivity index (χ0v) is 10.4. The Morgan fingerprint density at radius 1 is 1.12 bits per heavy atom. The molecule has 0 spiro atoms. The average molecular weight is 247 g/mol. The maximum atomic E-state index is 11.2. The lowest BCUT2D eigenvalue weighted by Gasteiger charge is -2.10. The molecule has 0 saturated heterocycles. The number of likely N-dealkylation sites (N-methyl/N-ethyl adjacent to an activating group) is 1. The van der Waals surface area contributed by atoms with Gasteiger partial charge >= 0.3 is 11.8 Å². The second-order valence-electron chi connectivity index (χ2n) is 3.65. The van der Waals surface area contributed by atoms with Gasteiger partial charge in [0.1, 0.15) is 0 Å². The highest BCUT2D eigenvalue weighted by molar-refractivity contribution is 6.35. The van der Waals surface area contributed by atoms with E-state index >= 15 is 0 Å². The van der Waals surface area contributed by atoms with Gasteiger partial charge in [-0.2, -0.15) is 0 Å². The molecule has 0 radical (unpaired) electrons. The molecule has 3 N–H and O–H groups in total. The van der Waals surface area contributed by atoms with Gasteiger partial charge in [0.05, 0.1) is 19.8 Å². The molecular weight excluding hydrogens is 226 g/mol. The number of rotatable bonds is 8. The monoisotopic (exact) mass is 247 g/mol. The number of carbonyl (C=O) groups excluding carboxylic acids is 2. The Labute approximate surface area is 101 Å². The third-order valence-electron chi connectivity index (χ3n) is 1.82. The molecule has 0 atom stereocenters. The number of hydrogen-bond donors (Lipinski definition) is 3. The number of amides is 2. The summed E-state index contributed by atoms with van der Waals surface area (Å²) in [6.07, 6.45) is 0. The summed E-state index contributed by atoms with van der Waals surface area (Å²) >= 11 is 0. The Hall–Kier alpha value is -1.18. The van der Waals surface area contributed by atoms with Crippen LogP contribution >= 0.6 is 0 Å². The van der Waals surface area contributed by atoms with E-state index in [0.29, 0.717) is 13.1 Å². The average Bonchev–Trinajstić information content (AvgIpc) is 2.27. The summed E-state index contributed by atoms with van der Waals surface area (Å²) < 4.78 is 4.92. The molecule has 0 aliphatic heterocycles. The minimum absolute atomic E-state index is 0.0566. The molecule has 7 nitrogen and oxygen atoms in total. The molecule has 0 rings (SSSR count). The molecule has 0 aromatic rings. The third kappa shape index (κ3) is 9.73. The minimum atomic E-state index is -0.670. The van der Waals surface area contributed by atoms with E-state index in [0.717, 1.165) is 0 Å². The van der Waals surface area contributed by atoms with Crippen molar-refractivity contribution in [2.24, 2.45) is 0 Å². The van der Waals surface area contributed by atoms with Gasteiger partial charge in [-0.3, -0.25) is 9.59 Å². The normalized spacial score (nSPS) is 10.4. The van der Waals surface area contributed by atoms with Gasteiger partial charge in [-0.1, -0.05) is 0 Å². The molecule has 100 valence electrons. The molecule has 2 amide bonds. The van der Waals surface area contributed by atoms with E-state index in [-0.39, 0.29) is 26.4 Å². The Bertz CT molecular complexity index is 234. The number of aliphatic hydroxyl groups is 1. The van der Waals surface area contributed by atoms with Crippen molar-refractivity contribution in [2.75, 3.05) is 53.6 Å². The van der Waals surface area contributed by atoms with Crippen LogP contribution in [0.25, 0.3) is 0 Å². The molecule has 0 aromatic carbocycles. The van der Waals surface area contributed by atoms with Crippen molar-refractivity contribution in [3.05, 3.63) is 0 Å². The van der Waals surface area contributed by atoms with Crippen LogP contribution in [-0.4, -0.2) is 75.4 Å². The van der Waals surface area contributed by atoms with Gasteiger partial charge < -0.3 is 25.4 Å². The SMILES string of the molecule is CN(C)CCNC(=O)C(=O)NCCOCCO. The van der Waals surface area contributed by atoms with Crippen molar-refractivity contribution < 1.29 is 19.4 Å². The number of hydrogen-bond acceptors (Lipinski definition) is 5. The standard InChI is InChI=1S/C10H21N3O4/c1-13(2)5-3-11-9(15)10(16)12-4-7-17-8-6-14/h14H,3-8H2,1-2H3,(H,11,15)(H,12,16). The number of ether oxygens (including phenoxy) is 1. The summed E-state index contributed by atoms with van der Waals surface area (Å²) in [5, 5.41) is 13.3. The van der Waals surface area contributed by atoms with Crippen molar-refractivity contribution in [1.82, 2.24) is 15.5 Å². The molecule has 0 aromatic heterocycles. The van der Waals surface area contributed by atoms with Crippen LogP contribution in [0.15, 0.2) is 0 Å². The zero-order valence-electron chi connectivity index (χ0n) is 10.4. The van der Waals surface area contributed by atoms with Crippen LogP contribution in [0, 0.1) is 0 Å². The van der Waals surface area contributed by atoms with Gasteiger partial charge in [-0.05, 0) is 14.1 Å². The van der Waals surface area contributed by atoms with Crippen LogP contribution in [0.2, 0.25) is 0 Å². The van der Waals surface area contributed by atoms with E-state index < -0.39 is 11.8 Å². The fourth-order valence-corrected chi connectivity index (χ4v) is 0.957. The van der Waals surface area contributed by atoms with Gasteiger partial charge in [0, 0.05) is 19.6 Å². The maximum Gasteiger partial charge on any atom is 0.309 e. The molecule has 7 heteroatoms. The van der Waals surface area contributed by atoms with E-state index in [4.69, 9.17) is 9.84 Å². The first-order valence-electron chi connectivity index (χ1n) is 5.47. The number of aliphatic hydroxyl groups excluding tert-OH is 1. The summed E-state index contributed by atoms with van der Waals surface area (Å²) in [5.74, 6) is -1.31. The third-order valence-corrected chi connectivity index (χ3v) is 1.82. The molecule has 0 bridgehead atoms. The van der Waals surface area contributed by atoms with Gasteiger partial charge in [-0.25, -0.2) is 0 Å². The molecule has 17 heavy (non-hydrogen) atoms. The largest absolute Gasteiger partial charge is 0.394 e. The molecule has 0 aliphatic carbocycles. The lowest BCUT2D eigenvalue weighted by molar-refractivity contribution is -0.139. The van der Waals surface area contributed by atoms with E-state index in [1.165, 1.54) is 0 Å². The topological polar surface area (TPSA) is 90.9 Å². The number of nitrogens with one attached hydrogen (secondary N) is 2. The highest BCUT2D eigenvalue weighted by Crippen LogP contribution is 1.75. The first-order chi connectivity index (χ1) is 8.07. The molecular formula is C10H21N3O4. The van der Waals surface area contributed by atoms with E-state index in [2.05, 4.69) is 10.6 Å². The Morgan fingerprint density at radius 2 is 1.71 bits per heavy atom. The number of nitrogens with zero attached hydrogens (tertiary/aromatic N) is 1. The van der Waals surface area contributed by atoms with Crippen molar-refractivity contribution in [3.8, 4) is 0 Å². The lowest BCUT2D eigenvalue weighted by atomic mass is 10.5. The van der Waals surface area contributed by atoms with E-state index in [9.17, 15) is 9.59 Å². The van der Waals surface area contributed by atoms with E-state index in [1.54, 1.807) is 0 Å². The summed E-state index contributed by atoms with van der Waals surface area (Å²) in [4.78, 5) is 24.3. The summed E-state index contributed by atoms with van der Waals surface area (Å²) in [7, 11) is 3.76. The predicted molar refractivity (Wildman–Crippen MR) is 62.5 cm³/mol. The second-order valence-corrected chi connectivity index (χ2v) is 3.65. The smallest absolute Gasteiger partial charge is 0.309 e. The van der Waals surface area contributed by atoms with E-state index in [1.807, 2.05) is 19.0 Å².